The van der Waals surface area contributed by atoms with E-state index in [1.807, 2.05) is 13.0 Å². The fourth-order valence-electron chi connectivity index (χ4n) is 3.04. The third-order valence-corrected chi connectivity index (χ3v) is 4.18. The van der Waals surface area contributed by atoms with E-state index in [4.69, 9.17) is 4.74 Å². The summed E-state index contributed by atoms with van der Waals surface area (Å²) < 4.78 is 46.9. The number of fused-ring (bicyclic) bond motifs is 1. The molecular weight excluding hydrogens is 293 g/mol. The molecule has 1 fully saturated rings. The van der Waals surface area contributed by atoms with Gasteiger partial charge in [0.1, 0.15) is 0 Å². The maximum atomic E-state index is 13.3. The highest BCUT2D eigenvalue weighted by Gasteiger charge is 2.34. The van der Waals surface area contributed by atoms with Crippen LogP contribution in [0.1, 0.15) is 11.3 Å². The first kappa shape index (κ1) is 15.4. The van der Waals surface area contributed by atoms with Crippen LogP contribution >= 0.6 is 0 Å². The molecule has 0 radical (unpaired) electrons. The van der Waals surface area contributed by atoms with Crippen LogP contribution in [0.2, 0.25) is 0 Å². The van der Waals surface area contributed by atoms with Crippen molar-refractivity contribution in [2.45, 2.75) is 19.6 Å². The molecule has 3 rings (SSSR count). The number of aryl methyl sites for hydroxylation is 1. The molecule has 1 aliphatic heterocycles. The molecule has 2 heterocycles. The molecule has 0 spiro atoms. The maximum absolute atomic E-state index is 13.3. The van der Waals surface area contributed by atoms with Crippen LogP contribution in [0.15, 0.2) is 24.3 Å². The Morgan fingerprint density at radius 2 is 1.86 bits per heavy atom. The Balaban J connectivity index is 1.92. The number of hydrogen-bond donors (Lipinski definition) is 0. The number of halogens is 3. The summed E-state index contributed by atoms with van der Waals surface area (Å²) in [7, 11) is 0. The third kappa shape index (κ3) is 2.98. The lowest BCUT2D eigenvalue weighted by Gasteiger charge is -2.27. The highest BCUT2D eigenvalue weighted by molar-refractivity contribution is 5.85. The van der Waals surface area contributed by atoms with Gasteiger partial charge in [-0.3, -0.25) is 4.90 Å². The molecule has 6 heteroatoms. The summed E-state index contributed by atoms with van der Waals surface area (Å²) in [6.45, 7) is 6.22. The minimum Gasteiger partial charge on any atom is -0.379 e. The summed E-state index contributed by atoms with van der Waals surface area (Å²) in [5.74, 6) is 0. The van der Waals surface area contributed by atoms with Crippen LogP contribution in [0.25, 0.3) is 10.9 Å². The first-order valence-corrected chi connectivity index (χ1v) is 7.43. The van der Waals surface area contributed by atoms with Crippen molar-refractivity contribution in [3.8, 4) is 0 Å². The summed E-state index contributed by atoms with van der Waals surface area (Å²) in [5, 5.41) is 0.648. The minimum absolute atomic E-state index is 0.292. The quantitative estimate of drug-likeness (QED) is 0.865. The van der Waals surface area contributed by atoms with Crippen LogP contribution in [0.3, 0.4) is 0 Å². The standard InChI is InChI=1S/C16H19F3N2O/c1-12-11-13-3-2-4-14(16(17,18)19)15(13)21(12)6-5-20-7-9-22-10-8-20/h2-4,11H,5-10H2,1H3. The van der Waals surface area contributed by atoms with Gasteiger partial charge >= 0.3 is 6.18 Å². The number of alkyl halides is 3. The summed E-state index contributed by atoms with van der Waals surface area (Å²) in [4.78, 5) is 2.23. The molecule has 0 bridgehead atoms. The zero-order chi connectivity index (χ0) is 15.7. The first-order valence-electron chi connectivity index (χ1n) is 7.43. The molecule has 1 aromatic carbocycles. The Hall–Kier alpha value is -1.53. The smallest absolute Gasteiger partial charge is 0.379 e. The second-order valence-electron chi connectivity index (χ2n) is 5.63. The van der Waals surface area contributed by atoms with Crippen LogP contribution in [0.5, 0.6) is 0 Å². The van der Waals surface area contributed by atoms with Crippen molar-refractivity contribution in [2.75, 3.05) is 32.8 Å². The zero-order valence-electron chi connectivity index (χ0n) is 12.5. The van der Waals surface area contributed by atoms with Crippen molar-refractivity contribution in [3.05, 3.63) is 35.5 Å². The van der Waals surface area contributed by atoms with E-state index in [1.165, 1.54) is 6.07 Å². The van der Waals surface area contributed by atoms with Gasteiger partial charge in [-0.2, -0.15) is 13.2 Å². The number of para-hydroxylation sites is 1. The SMILES string of the molecule is Cc1cc2cccc(C(F)(F)F)c2n1CCN1CCOCC1. The molecule has 2 aromatic rings. The van der Waals surface area contributed by atoms with E-state index in [2.05, 4.69) is 4.90 Å². The highest BCUT2D eigenvalue weighted by Crippen LogP contribution is 2.36. The average Bonchev–Trinajstić information content (AvgIpc) is 2.80. The fraction of sp³-hybridized carbons (Fsp3) is 0.500. The predicted octanol–water partition coefficient (Wildman–Crippen LogP) is 3.30. The molecule has 0 unspecified atom stereocenters. The van der Waals surface area contributed by atoms with Crippen molar-refractivity contribution in [1.82, 2.24) is 9.47 Å². The zero-order valence-corrected chi connectivity index (χ0v) is 12.5. The molecule has 0 N–H and O–H groups in total. The lowest BCUT2D eigenvalue weighted by Crippen LogP contribution is -2.38. The number of nitrogens with zero attached hydrogens (tertiary/aromatic N) is 2. The van der Waals surface area contributed by atoms with E-state index in [0.717, 1.165) is 31.4 Å². The molecule has 3 nitrogen and oxygen atoms in total. The van der Waals surface area contributed by atoms with Crippen LogP contribution in [-0.4, -0.2) is 42.3 Å². The number of ether oxygens (including phenoxy) is 1. The lowest BCUT2D eigenvalue weighted by atomic mass is 10.1. The molecule has 120 valence electrons. The van der Waals surface area contributed by atoms with Gasteiger partial charge in [-0.05, 0) is 19.1 Å². The molecule has 1 aromatic heterocycles. The lowest BCUT2D eigenvalue weighted by molar-refractivity contribution is -0.136. The van der Waals surface area contributed by atoms with E-state index < -0.39 is 11.7 Å². The van der Waals surface area contributed by atoms with Gasteiger partial charge in [-0.15, -0.1) is 0 Å². The van der Waals surface area contributed by atoms with E-state index in [1.54, 1.807) is 10.6 Å². The topological polar surface area (TPSA) is 17.4 Å². The van der Waals surface area contributed by atoms with E-state index >= 15 is 0 Å². The van der Waals surface area contributed by atoms with Gasteiger partial charge in [-0.25, -0.2) is 0 Å². The van der Waals surface area contributed by atoms with Gasteiger partial charge in [0.15, 0.2) is 0 Å². The van der Waals surface area contributed by atoms with Gasteiger partial charge in [-0.1, -0.05) is 12.1 Å². The van der Waals surface area contributed by atoms with Crippen molar-refractivity contribution in [1.29, 1.82) is 0 Å². The minimum atomic E-state index is -4.33. The molecule has 0 aliphatic carbocycles. The van der Waals surface area contributed by atoms with Gasteiger partial charge in [0.25, 0.3) is 0 Å². The van der Waals surface area contributed by atoms with Gasteiger partial charge in [0.05, 0.1) is 24.3 Å². The van der Waals surface area contributed by atoms with Crippen LogP contribution in [0.4, 0.5) is 13.2 Å². The normalized spacial score (nSPS) is 17.3. The molecule has 0 atom stereocenters. The van der Waals surface area contributed by atoms with Crippen molar-refractivity contribution in [2.24, 2.45) is 0 Å². The Morgan fingerprint density at radius 1 is 1.14 bits per heavy atom. The Labute approximate surface area is 127 Å². The van der Waals surface area contributed by atoms with Gasteiger partial charge in [0.2, 0.25) is 0 Å². The Bertz CT molecular complexity index is 657. The van der Waals surface area contributed by atoms with Crippen LogP contribution in [0, 0.1) is 6.92 Å². The summed E-state index contributed by atoms with van der Waals surface area (Å²) >= 11 is 0. The van der Waals surface area contributed by atoms with Crippen LogP contribution in [-0.2, 0) is 17.5 Å². The first-order chi connectivity index (χ1) is 10.5. The number of benzene rings is 1. The molecule has 0 amide bonds. The number of aromatic nitrogens is 1. The number of hydrogen-bond acceptors (Lipinski definition) is 2. The third-order valence-electron chi connectivity index (χ3n) is 4.18. The second-order valence-corrected chi connectivity index (χ2v) is 5.63. The van der Waals surface area contributed by atoms with Crippen molar-refractivity contribution < 1.29 is 17.9 Å². The maximum Gasteiger partial charge on any atom is 0.418 e. The molecule has 22 heavy (non-hydrogen) atoms. The molecular formula is C16H19F3N2O. The van der Waals surface area contributed by atoms with E-state index in [-0.39, 0.29) is 0 Å². The Kier molecular flexibility index (Phi) is 4.14. The van der Waals surface area contributed by atoms with E-state index in [0.29, 0.717) is 30.7 Å². The van der Waals surface area contributed by atoms with Gasteiger partial charge < -0.3 is 9.30 Å². The monoisotopic (exact) mass is 312 g/mol. The van der Waals surface area contributed by atoms with Gasteiger partial charge in [0, 0.05) is 37.3 Å². The van der Waals surface area contributed by atoms with Crippen molar-refractivity contribution >= 4 is 10.9 Å². The highest BCUT2D eigenvalue weighted by atomic mass is 19.4. The predicted molar refractivity (Wildman–Crippen MR) is 78.9 cm³/mol. The summed E-state index contributed by atoms with van der Waals surface area (Å²) in [6.07, 6.45) is -4.33. The molecule has 1 saturated heterocycles. The fourth-order valence-corrected chi connectivity index (χ4v) is 3.04. The summed E-state index contributed by atoms with van der Waals surface area (Å²) in [5.41, 5.74) is 0.598. The Morgan fingerprint density at radius 3 is 2.55 bits per heavy atom. The molecule has 1 aliphatic rings. The number of rotatable bonds is 3. The van der Waals surface area contributed by atoms with Crippen LogP contribution < -0.4 is 0 Å². The van der Waals surface area contributed by atoms with E-state index in [9.17, 15) is 13.2 Å². The summed E-state index contributed by atoms with van der Waals surface area (Å²) in [6, 6.07) is 6.19. The average molecular weight is 312 g/mol. The van der Waals surface area contributed by atoms with Crippen molar-refractivity contribution in [3.63, 3.8) is 0 Å². The largest absolute Gasteiger partial charge is 0.418 e. The number of morpholine rings is 1. The molecule has 0 saturated carbocycles. The second kappa shape index (κ2) is 5.93.